The number of rotatable bonds is 10. The monoisotopic (exact) mass is 258 g/mol. The van der Waals surface area contributed by atoms with Gasteiger partial charge in [0.25, 0.3) is 0 Å². The fourth-order valence-corrected chi connectivity index (χ4v) is 6.08. The Morgan fingerprint density at radius 3 is 1.88 bits per heavy atom. The average molecular weight is 259 g/mol. The topological polar surface area (TPSA) is 0 Å². The van der Waals surface area contributed by atoms with Gasteiger partial charge in [-0.25, -0.2) is 0 Å². The van der Waals surface area contributed by atoms with E-state index in [0.29, 0.717) is 0 Å². The fraction of sp³-hybridized carbons (Fsp3) is 1.00. The highest BCUT2D eigenvalue weighted by molar-refractivity contribution is 6.77. The molecule has 16 heavy (non-hydrogen) atoms. The molecule has 0 nitrogen and oxygen atoms in total. The molecule has 0 saturated heterocycles. The van der Waals surface area contributed by atoms with Crippen molar-refractivity contribution in [2.24, 2.45) is 0 Å². The van der Waals surface area contributed by atoms with E-state index < -0.39 is 8.07 Å². The molecule has 0 bridgehead atoms. The molecule has 0 heterocycles. The van der Waals surface area contributed by atoms with E-state index >= 15 is 0 Å². The Morgan fingerprint density at radius 2 is 1.38 bits per heavy atom. The molecule has 0 rings (SSSR count). The van der Waals surface area contributed by atoms with Gasteiger partial charge < -0.3 is 0 Å². The Labute approximate surface area is 107 Å². The maximum atomic E-state index is 2.60. The molecular weight excluding hydrogens is 224 g/mol. The average Bonchev–Trinajstić information content (AvgIpc) is 2.19. The highest BCUT2D eigenvalue weighted by Gasteiger charge is 2.18. The van der Waals surface area contributed by atoms with Gasteiger partial charge >= 0.3 is 0 Å². The van der Waals surface area contributed by atoms with Crippen LogP contribution in [0.25, 0.3) is 0 Å². The van der Waals surface area contributed by atoms with Gasteiger partial charge in [-0.1, -0.05) is 89.8 Å². The second-order valence-electron chi connectivity index (χ2n) is 6.61. The standard InChI is InChI=1S/C14H34Si2/c1-6-7-8-10-13-16(4,5)14-11-9-12-15(2)3/h15H,6-14H2,1-5H3. The molecule has 0 unspecified atom stereocenters. The predicted molar refractivity (Wildman–Crippen MR) is 84.2 cm³/mol. The molecule has 0 aliphatic carbocycles. The summed E-state index contributed by atoms with van der Waals surface area (Å²) in [5, 5.41) is 0. The molecule has 0 aromatic heterocycles. The molecule has 0 saturated carbocycles. The molecule has 2 heteroatoms. The maximum absolute atomic E-state index is 2.60. The van der Waals surface area contributed by atoms with Gasteiger partial charge in [-0.05, 0) is 0 Å². The maximum Gasteiger partial charge on any atom is 0.0473 e. The third-order valence-corrected chi connectivity index (χ3v) is 8.57. The first-order valence-corrected chi connectivity index (χ1v) is 14.0. The molecule has 0 radical (unpaired) electrons. The lowest BCUT2D eigenvalue weighted by atomic mass is 10.2. The van der Waals surface area contributed by atoms with Crippen molar-refractivity contribution in [3.05, 3.63) is 0 Å². The van der Waals surface area contributed by atoms with Gasteiger partial charge in [-0.3, -0.25) is 0 Å². The van der Waals surface area contributed by atoms with E-state index in [-0.39, 0.29) is 8.80 Å². The van der Waals surface area contributed by atoms with Crippen molar-refractivity contribution in [2.45, 2.75) is 89.8 Å². The quantitative estimate of drug-likeness (QED) is 0.356. The summed E-state index contributed by atoms with van der Waals surface area (Å²) in [4.78, 5) is 0. The van der Waals surface area contributed by atoms with Crippen molar-refractivity contribution < 1.29 is 0 Å². The van der Waals surface area contributed by atoms with Crippen LogP contribution in [0.2, 0.25) is 44.3 Å². The van der Waals surface area contributed by atoms with E-state index in [1.807, 2.05) is 0 Å². The third-order valence-electron chi connectivity index (χ3n) is 3.59. The van der Waals surface area contributed by atoms with Gasteiger partial charge in [0, 0.05) is 16.9 Å². The van der Waals surface area contributed by atoms with E-state index in [1.54, 1.807) is 18.1 Å². The first kappa shape index (κ1) is 16.4. The molecular formula is C14H34Si2. The lowest BCUT2D eigenvalue weighted by Crippen LogP contribution is -2.24. The minimum atomic E-state index is -0.810. The molecule has 98 valence electrons. The van der Waals surface area contributed by atoms with Gasteiger partial charge in [0.05, 0.1) is 0 Å². The van der Waals surface area contributed by atoms with Crippen LogP contribution in [0, 0.1) is 0 Å². The molecule has 0 aliphatic heterocycles. The van der Waals surface area contributed by atoms with Crippen molar-refractivity contribution >= 4 is 16.9 Å². The van der Waals surface area contributed by atoms with Crippen LogP contribution in [-0.4, -0.2) is 16.9 Å². The summed E-state index contributed by atoms with van der Waals surface area (Å²) in [6.45, 7) is 12.5. The van der Waals surface area contributed by atoms with Gasteiger partial charge in [-0.2, -0.15) is 0 Å². The predicted octanol–water partition coefficient (Wildman–Crippen LogP) is 5.54. The first-order chi connectivity index (χ1) is 7.48. The van der Waals surface area contributed by atoms with E-state index in [0.717, 1.165) is 0 Å². The summed E-state index contributed by atoms with van der Waals surface area (Å²) in [6.07, 6.45) is 8.86. The summed E-state index contributed by atoms with van der Waals surface area (Å²) >= 11 is 0. The lowest BCUT2D eigenvalue weighted by Gasteiger charge is -2.22. The Morgan fingerprint density at radius 1 is 0.812 bits per heavy atom. The van der Waals surface area contributed by atoms with Crippen molar-refractivity contribution in [3.8, 4) is 0 Å². The molecule has 0 aromatic carbocycles. The molecule has 0 amide bonds. The summed E-state index contributed by atoms with van der Waals surface area (Å²) in [5.41, 5.74) is 0. The van der Waals surface area contributed by atoms with Crippen LogP contribution in [0.3, 0.4) is 0 Å². The van der Waals surface area contributed by atoms with E-state index in [4.69, 9.17) is 0 Å². The second-order valence-corrected chi connectivity index (χ2v) is 15.3. The van der Waals surface area contributed by atoms with Crippen molar-refractivity contribution in [1.29, 1.82) is 0 Å². The van der Waals surface area contributed by atoms with E-state index in [9.17, 15) is 0 Å². The zero-order valence-corrected chi connectivity index (χ0v) is 14.6. The summed E-state index contributed by atoms with van der Waals surface area (Å²) in [7, 11) is -1.08. The zero-order chi connectivity index (χ0) is 12.4. The first-order valence-electron chi connectivity index (χ1n) is 7.48. The normalized spacial score (nSPS) is 12.4. The Hall–Kier alpha value is 0.434. The number of hydrogen-bond donors (Lipinski definition) is 0. The highest BCUT2D eigenvalue weighted by atomic mass is 28.3. The van der Waals surface area contributed by atoms with Gasteiger partial charge in [0.1, 0.15) is 0 Å². The molecule has 0 fully saturated rings. The van der Waals surface area contributed by atoms with Crippen molar-refractivity contribution in [1.82, 2.24) is 0 Å². The third kappa shape index (κ3) is 10.9. The summed E-state index contributed by atoms with van der Waals surface area (Å²) in [6, 6.07) is 4.73. The molecule has 0 aliphatic rings. The SMILES string of the molecule is CCCCCC[Si](C)(C)CCCC[SiH](C)C. The van der Waals surface area contributed by atoms with Crippen LogP contribution in [0.4, 0.5) is 0 Å². The Balaban J connectivity index is 3.46. The van der Waals surface area contributed by atoms with Crippen LogP contribution >= 0.6 is 0 Å². The van der Waals surface area contributed by atoms with Crippen LogP contribution in [0.15, 0.2) is 0 Å². The Bertz CT molecular complexity index is 153. The van der Waals surface area contributed by atoms with E-state index in [1.165, 1.54) is 38.5 Å². The smallest absolute Gasteiger partial charge is 0.0473 e. The molecule has 0 aromatic rings. The summed E-state index contributed by atoms with van der Waals surface area (Å²) in [5.74, 6) is 0. The Kier molecular flexibility index (Phi) is 9.72. The number of unbranched alkanes of at least 4 members (excludes halogenated alkanes) is 4. The minimum absolute atomic E-state index is 0.272. The van der Waals surface area contributed by atoms with E-state index in [2.05, 4.69) is 33.1 Å². The largest absolute Gasteiger partial charge is 0.0722 e. The van der Waals surface area contributed by atoms with Gasteiger partial charge in [-0.15, -0.1) is 0 Å². The molecule has 0 atom stereocenters. The molecule has 0 N–H and O–H groups in total. The number of hydrogen-bond acceptors (Lipinski definition) is 0. The van der Waals surface area contributed by atoms with Crippen LogP contribution in [0.1, 0.15) is 45.4 Å². The lowest BCUT2D eigenvalue weighted by molar-refractivity contribution is 0.694. The van der Waals surface area contributed by atoms with Gasteiger partial charge in [0.15, 0.2) is 0 Å². The zero-order valence-electron chi connectivity index (χ0n) is 12.4. The van der Waals surface area contributed by atoms with Gasteiger partial charge in [0.2, 0.25) is 0 Å². The van der Waals surface area contributed by atoms with Crippen LogP contribution < -0.4 is 0 Å². The summed E-state index contributed by atoms with van der Waals surface area (Å²) < 4.78 is 0. The fourth-order valence-electron chi connectivity index (χ4n) is 2.31. The second kappa shape index (κ2) is 9.46. The van der Waals surface area contributed by atoms with Crippen LogP contribution in [-0.2, 0) is 0 Å². The molecule has 0 spiro atoms. The minimum Gasteiger partial charge on any atom is -0.0722 e. The van der Waals surface area contributed by atoms with Crippen molar-refractivity contribution in [3.63, 3.8) is 0 Å². The van der Waals surface area contributed by atoms with Crippen LogP contribution in [0.5, 0.6) is 0 Å². The van der Waals surface area contributed by atoms with Crippen molar-refractivity contribution in [2.75, 3.05) is 0 Å². The highest BCUT2D eigenvalue weighted by Crippen LogP contribution is 2.22.